The van der Waals surface area contributed by atoms with Gasteiger partial charge in [0.2, 0.25) is 5.91 Å². The molecule has 25 heavy (non-hydrogen) atoms. The van der Waals surface area contributed by atoms with Crippen LogP contribution in [-0.2, 0) is 11.2 Å². The van der Waals surface area contributed by atoms with Gasteiger partial charge in [0.15, 0.2) is 0 Å². The third-order valence-electron chi connectivity index (χ3n) is 3.41. The molecule has 7 nitrogen and oxygen atoms in total. The number of nitro groups is 1. The van der Waals surface area contributed by atoms with E-state index in [0.717, 1.165) is 6.07 Å². The average Bonchev–Trinajstić information content (AvgIpc) is 2.56. The standard InChI is InChI=1S/C16H13Cl2N3O4/c17-11-5-4-9(13(18)8-11)7-14(15(19)22)20-16(23)10-2-1-3-12(6-10)21(24)25/h1-6,8,14H,7H2,(H2,19,22)(H,20,23)/t14-/m1/s1. The van der Waals surface area contributed by atoms with Gasteiger partial charge in [0, 0.05) is 34.2 Å². The molecule has 2 aromatic carbocycles. The quantitative estimate of drug-likeness (QED) is 0.590. The van der Waals surface area contributed by atoms with Crippen LogP contribution >= 0.6 is 23.2 Å². The van der Waals surface area contributed by atoms with Gasteiger partial charge in [-0.25, -0.2) is 0 Å². The van der Waals surface area contributed by atoms with Crippen molar-refractivity contribution in [2.45, 2.75) is 12.5 Å². The fourth-order valence-corrected chi connectivity index (χ4v) is 2.62. The highest BCUT2D eigenvalue weighted by molar-refractivity contribution is 6.35. The molecule has 0 aromatic heterocycles. The van der Waals surface area contributed by atoms with Crippen LogP contribution in [0.2, 0.25) is 10.0 Å². The first-order chi connectivity index (χ1) is 11.8. The number of hydrogen-bond acceptors (Lipinski definition) is 4. The first kappa shape index (κ1) is 18.7. The van der Waals surface area contributed by atoms with Gasteiger partial charge in [-0.05, 0) is 23.8 Å². The lowest BCUT2D eigenvalue weighted by Crippen LogP contribution is -2.45. The molecule has 130 valence electrons. The highest BCUT2D eigenvalue weighted by Crippen LogP contribution is 2.22. The van der Waals surface area contributed by atoms with Crippen molar-refractivity contribution >= 4 is 40.7 Å². The van der Waals surface area contributed by atoms with Crippen molar-refractivity contribution in [3.05, 3.63) is 73.8 Å². The Balaban J connectivity index is 2.18. The molecule has 2 rings (SSSR count). The van der Waals surface area contributed by atoms with Gasteiger partial charge in [-0.2, -0.15) is 0 Å². The molecule has 0 spiro atoms. The third-order valence-corrected chi connectivity index (χ3v) is 3.99. The van der Waals surface area contributed by atoms with E-state index >= 15 is 0 Å². The number of hydrogen-bond donors (Lipinski definition) is 2. The van der Waals surface area contributed by atoms with Crippen LogP contribution in [0.4, 0.5) is 5.69 Å². The van der Waals surface area contributed by atoms with Crippen molar-refractivity contribution in [2.75, 3.05) is 0 Å². The van der Waals surface area contributed by atoms with E-state index in [1.54, 1.807) is 12.1 Å². The number of non-ortho nitro benzene ring substituents is 1. The maximum absolute atomic E-state index is 12.3. The maximum atomic E-state index is 12.3. The van der Waals surface area contributed by atoms with E-state index in [9.17, 15) is 19.7 Å². The molecular formula is C16H13Cl2N3O4. The minimum atomic E-state index is -1.04. The summed E-state index contributed by atoms with van der Waals surface area (Å²) in [6.07, 6.45) is 0.0615. The van der Waals surface area contributed by atoms with E-state index in [0.29, 0.717) is 15.6 Å². The number of nitrogens with zero attached hydrogens (tertiary/aromatic N) is 1. The second kappa shape index (κ2) is 7.96. The molecule has 0 aliphatic rings. The molecule has 0 unspecified atom stereocenters. The van der Waals surface area contributed by atoms with Crippen LogP contribution in [0.25, 0.3) is 0 Å². The molecule has 0 aliphatic heterocycles. The van der Waals surface area contributed by atoms with E-state index in [1.807, 2.05) is 0 Å². The minimum absolute atomic E-state index is 0.0441. The summed E-state index contributed by atoms with van der Waals surface area (Å²) in [5.74, 6) is -1.41. The fraction of sp³-hybridized carbons (Fsp3) is 0.125. The molecule has 0 bridgehead atoms. The number of carbonyl (C=O) groups is 2. The lowest BCUT2D eigenvalue weighted by atomic mass is 10.0. The van der Waals surface area contributed by atoms with Crippen molar-refractivity contribution in [3.8, 4) is 0 Å². The Bertz CT molecular complexity index is 842. The molecule has 2 amide bonds. The fourth-order valence-electron chi connectivity index (χ4n) is 2.13. The number of amides is 2. The SMILES string of the molecule is NC(=O)[C@@H](Cc1ccc(Cl)cc1Cl)NC(=O)c1cccc([N+](=O)[O-])c1. The Morgan fingerprint density at radius 3 is 2.52 bits per heavy atom. The van der Waals surface area contributed by atoms with E-state index in [4.69, 9.17) is 28.9 Å². The summed E-state index contributed by atoms with van der Waals surface area (Å²) in [5, 5.41) is 14.0. The first-order valence-electron chi connectivity index (χ1n) is 7.06. The van der Waals surface area contributed by atoms with Gasteiger partial charge >= 0.3 is 0 Å². The summed E-state index contributed by atoms with van der Waals surface area (Å²) < 4.78 is 0. The van der Waals surface area contributed by atoms with E-state index in [1.165, 1.54) is 24.3 Å². The second-order valence-electron chi connectivity index (χ2n) is 5.18. The first-order valence-corrected chi connectivity index (χ1v) is 7.82. The topological polar surface area (TPSA) is 115 Å². The van der Waals surface area contributed by atoms with Crippen LogP contribution in [0.15, 0.2) is 42.5 Å². The van der Waals surface area contributed by atoms with Gasteiger partial charge in [-0.15, -0.1) is 0 Å². The number of benzene rings is 2. The van der Waals surface area contributed by atoms with E-state index in [2.05, 4.69) is 5.32 Å². The van der Waals surface area contributed by atoms with Gasteiger partial charge in [0.25, 0.3) is 11.6 Å². The number of halogens is 2. The number of nitrogens with two attached hydrogens (primary N) is 1. The average molecular weight is 382 g/mol. The Labute approximate surface area is 152 Å². The summed E-state index contributed by atoms with van der Waals surface area (Å²) in [4.78, 5) is 34.1. The van der Waals surface area contributed by atoms with Gasteiger partial charge in [-0.1, -0.05) is 35.3 Å². The molecule has 0 radical (unpaired) electrons. The summed E-state index contributed by atoms with van der Waals surface area (Å²) >= 11 is 11.9. The predicted molar refractivity (Wildman–Crippen MR) is 93.7 cm³/mol. The highest BCUT2D eigenvalue weighted by Gasteiger charge is 2.21. The van der Waals surface area contributed by atoms with Gasteiger partial charge in [0.1, 0.15) is 6.04 Å². The predicted octanol–water partition coefficient (Wildman–Crippen LogP) is 2.73. The molecule has 9 heteroatoms. The van der Waals surface area contributed by atoms with Crippen LogP contribution < -0.4 is 11.1 Å². The molecule has 2 aromatic rings. The zero-order valence-electron chi connectivity index (χ0n) is 12.7. The van der Waals surface area contributed by atoms with Gasteiger partial charge < -0.3 is 11.1 Å². The van der Waals surface area contributed by atoms with Crippen molar-refractivity contribution in [1.29, 1.82) is 0 Å². The number of primary amides is 1. The number of carbonyl (C=O) groups excluding carboxylic acids is 2. The summed E-state index contributed by atoms with van der Waals surface area (Å²) in [6, 6.07) is 8.85. The molecule has 3 N–H and O–H groups in total. The summed E-state index contributed by atoms with van der Waals surface area (Å²) in [7, 11) is 0. The number of nitro benzene ring substituents is 1. The van der Waals surface area contributed by atoms with Crippen molar-refractivity contribution in [3.63, 3.8) is 0 Å². The largest absolute Gasteiger partial charge is 0.368 e. The molecule has 0 saturated carbocycles. The third kappa shape index (κ3) is 4.91. The Morgan fingerprint density at radius 1 is 1.20 bits per heavy atom. The Hall–Kier alpha value is -2.64. The van der Waals surface area contributed by atoms with Crippen LogP contribution in [0.1, 0.15) is 15.9 Å². The Morgan fingerprint density at radius 2 is 1.92 bits per heavy atom. The summed E-state index contributed by atoms with van der Waals surface area (Å²) in [5.41, 5.74) is 5.73. The lowest BCUT2D eigenvalue weighted by molar-refractivity contribution is -0.384. The second-order valence-corrected chi connectivity index (χ2v) is 6.02. The number of nitrogens with one attached hydrogen (secondary N) is 1. The molecule has 0 fully saturated rings. The van der Waals surface area contributed by atoms with Crippen LogP contribution in [0.5, 0.6) is 0 Å². The van der Waals surface area contributed by atoms with Crippen molar-refractivity contribution in [2.24, 2.45) is 5.73 Å². The van der Waals surface area contributed by atoms with Crippen LogP contribution in [0.3, 0.4) is 0 Å². The number of rotatable bonds is 6. The zero-order valence-corrected chi connectivity index (χ0v) is 14.3. The molecule has 0 aliphatic carbocycles. The molecule has 0 saturated heterocycles. The summed E-state index contributed by atoms with van der Waals surface area (Å²) in [6.45, 7) is 0. The maximum Gasteiger partial charge on any atom is 0.270 e. The highest BCUT2D eigenvalue weighted by atomic mass is 35.5. The van der Waals surface area contributed by atoms with Crippen LogP contribution in [0, 0.1) is 10.1 Å². The van der Waals surface area contributed by atoms with E-state index in [-0.39, 0.29) is 17.7 Å². The smallest absolute Gasteiger partial charge is 0.270 e. The monoisotopic (exact) mass is 381 g/mol. The van der Waals surface area contributed by atoms with Gasteiger partial charge in [-0.3, -0.25) is 19.7 Å². The van der Waals surface area contributed by atoms with Gasteiger partial charge in [0.05, 0.1) is 4.92 Å². The minimum Gasteiger partial charge on any atom is -0.368 e. The molecule has 1 atom stereocenters. The normalized spacial score (nSPS) is 11.6. The van der Waals surface area contributed by atoms with Crippen LogP contribution in [-0.4, -0.2) is 22.8 Å². The van der Waals surface area contributed by atoms with Crippen molar-refractivity contribution < 1.29 is 14.5 Å². The van der Waals surface area contributed by atoms with Crippen molar-refractivity contribution in [1.82, 2.24) is 5.32 Å². The van der Waals surface area contributed by atoms with E-state index < -0.39 is 22.8 Å². The molecular weight excluding hydrogens is 369 g/mol. The Kier molecular flexibility index (Phi) is 5.95. The zero-order chi connectivity index (χ0) is 18.6. The lowest BCUT2D eigenvalue weighted by Gasteiger charge is -2.16. The molecule has 0 heterocycles.